The van der Waals surface area contributed by atoms with E-state index in [2.05, 4.69) is 55.2 Å². The molecule has 0 radical (unpaired) electrons. The average molecular weight is 610 g/mol. The number of amides is 1. The lowest BCUT2D eigenvalue weighted by atomic mass is 9.80. The van der Waals surface area contributed by atoms with Gasteiger partial charge in [-0.3, -0.25) is 9.69 Å². The zero-order chi connectivity index (χ0) is 30.3. The molecule has 2 fully saturated rings. The van der Waals surface area contributed by atoms with Crippen molar-refractivity contribution >= 4 is 44.2 Å². The van der Waals surface area contributed by atoms with E-state index in [-0.39, 0.29) is 22.9 Å². The minimum Gasteiger partial charge on any atom is -0.367 e. The Labute approximate surface area is 251 Å². The second-order valence-electron chi connectivity index (χ2n) is 11.9. The fourth-order valence-corrected chi connectivity index (χ4v) is 7.53. The molecule has 1 aliphatic carbocycles. The van der Waals surface area contributed by atoms with Gasteiger partial charge in [-0.2, -0.15) is 18.4 Å². The molecule has 12 heteroatoms. The number of piperidine rings is 1. The molecule has 2 aliphatic rings. The number of carbonyl (C=O) groups is 1. The fraction of sp³-hybridized carbons (Fsp3) is 0.484. The molecule has 4 heterocycles. The second kappa shape index (κ2) is 11.8. The van der Waals surface area contributed by atoms with Crippen LogP contribution in [0.3, 0.4) is 0 Å². The molecule has 0 atom stereocenters. The Hall–Kier alpha value is -3.69. The number of halogens is 3. The second-order valence-corrected chi connectivity index (χ2v) is 13.0. The van der Waals surface area contributed by atoms with Crippen LogP contribution >= 0.6 is 11.3 Å². The third kappa shape index (κ3) is 6.48. The number of nitrogens with zero attached hydrogens (tertiary/aromatic N) is 5. The number of alkyl halides is 3. The van der Waals surface area contributed by atoms with Gasteiger partial charge in [0.2, 0.25) is 5.91 Å². The molecule has 2 N–H and O–H groups in total. The lowest BCUT2D eigenvalue weighted by molar-refractivity contribution is -0.126. The van der Waals surface area contributed by atoms with Crippen LogP contribution in [-0.2, 0) is 24.3 Å². The van der Waals surface area contributed by atoms with Crippen molar-refractivity contribution in [2.45, 2.75) is 77.3 Å². The van der Waals surface area contributed by atoms with Gasteiger partial charge in [0, 0.05) is 61.0 Å². The van der Waals surface area contributed by atoms with Crippen LogP contribution in [0.4, 0.5) is 19.0 Å². The molecular formula is C31H34F3N7OS. The Kier molecular flexibility index (Phi) is 8.04. The molecule has 43 heavy (non-hydrogen) atoms. The molecule has 0 bridgehead atoms. The summed E-state index contributed by atoms with van der Waals surface area (Å²) in [4.78, 5) is 23.1. The van der Waals surface area contributed by atoms with E-state index in [0.717, 1.165) is 74.1 Å². The third-order valence-corrected chi connectivity index (χ3v) is 9.79. The summed E-state index contributed by atoms with van der Waals surface area (Å²) in [5.41, 5.74) is 4.17. The normalized spacial score (nSPS) is 19.8. The molecule has 0 spiro atoms. The van der Waals surface area contributed by atoms with E-state index in [9.17, 15) is 23.2 Å². The Morgan fingerprint density at radius 3 is 2.60 bits per heavy atom. The van der Waals surface area contributed by atoms with Crippen molar-refractivity contribution in [2.24, 2.45) is 5.92 Å². The molecular weight excluding hydrogens is 575 g/mol. The third-order valence-electron chi connectivity index (χ3n) is 8.74. The minimum absolute atomic E-state index is 0.00293. The molecule has 0 unspecified atom stereocenters. The van der Waals surface area contributed by atoms with Gasteiger partial charge in [0.1, 0.15) is 28.7 Å². The van der Waals surface area contributed by atoms with Crippen molar-refractivity contribution in [3.05, 3.63) is 52.3 Å². The van der Waals surface area contributed by atoms with Gasteiger partial charge in [0.15, 0.2) is 0 Å². The van der Waals surface area contributed by atoms with E-state index >= 15 is 0 Å². The highest BCUT2D eigenvalue weighted by molar-refractivity contribution is 7.18. The zero-order valence-corrected chi connectivity index (χ0v) is 25.0. The Morgan fingerprint density at radius 2 is 1.91 bits per heavy atom. The first kappa shape index (κ1) is 29.4. The standard InChI is InChI=1S/C31H34F3N7OS/c1-18-21(3-4-28-26(18)11-24(14-35)41(28)15-20-9-23(10-20)38-19(2)42)16-40-7-5-22(6-8-40)39-29-27-12-25(13-31(32,33)34)43-30(27)37-17-36-29/h3-4,11-12,17,20,22-23H,5-10,13,15-16H2,1-2H3,(H,38,42)(H,36,37,39). The highest BCUT2D eigenvalue weighted by Gasteiger charge is 2.31. The minimum atomic E-state index is -4.25. The van der Waals surface area contributed by atoms with E-state index in [4.69, 9.17) is 0 Å². The maximum atomic E-state index is 12.9. The lowest BCUT2D eigenvalue weighted by Crippen LogP contribution is -2.44. The van der Waals surface area contributed by atoms with Gasteiger partial charge in [0.05, 0.1) is 11.8 Å². The van der Waals surface area contributed by atoms with Crippen LogP contribution < -0.4 is 10.6 Å². The number of rotatable bonds is 8. The summed E-state index contributed by atoms with van der Waals surface area (Å²) in [5, 5.41) is 18.1. The lowest BCUT2D eigenvalue weighted by Gasteiger charge is -2.36. The monoisotopic (exact) mass is 609 g/mol. The summed E-state index contributed by atoms with van der Waals surface area (Å²) in [6, 6.07) is 10.6. The molecule has 3 aromatic heterocycles. The summed E-state index contributed by atoms with van der Waals surface area (Å²) >= 11 is 1.06. The van der Waals surface area contributed by atoms with Gasteiger partial charge in [0.25, 0.3) is 0 Å². The van der Waals surface area contributed by atoms with Crippen molar-refractivity contribution in [2.75, 3.05) is 18.4 Å². The van der Waals surface area contributed by atoms with Crippen molar-refractivity contribution in [3.63, 3.8) is 0 Å². The predicted octanol–water partition coefficient (Wildman–Crippen LogP) is 5.92. The van der Waals surface area contributed by atoms with Gasteiger partial charge >= 0.3 is 6.18 Å². The highest BCUT2D eigenvalue weighted by Crippen LogP contribution is 2.35. The van der Waals surface area contributed by atoms with Crippen LogP contribution in [-0.4, -0.2) is 56.7 Å². The Bertz CT molecular complexity index is 1690. The van der Waals surface area contributed by atoms with E-state index in [1.807, 2.05) is 6.07 Å². The fourth-order valence-electron chi connectivity index (χ4n) is 6.51. The van der Waals surface area contributed by atoms with Crippen LogP contribution in [0, 0.1) is 24.2 Å². The maximum absolute atomic E-state index is 12.9. The number of fused-ring (bicyclic) bond motifs is 2. The topological polar surface area (TPSA) is 98.9 Å². The number of likely N-dealkylation sites (tertiary alicyclic amines) is 1. The van der Waals surface area contributed by atoms with Crippen LogP contribution in [0.2, 0.25) is 0 Å². The number of anilines is 1. The molecule has 1 saturated carbocycles. The Morgan fingerprint density at radius 1 is 1.14 bits per heavy atom. The number of nitrogens with one attached hydrogen (secondary N) is 2. The maximum Gasteiger partial charge on any atom is 0.393 e. The summed E-state index contributed by atoms with van der Waals surface area (Å²) in [6.45, 7) is 7.02. The van der Waals surface area contributed by atoms with Crippen molar-refractivity contribution in [1.29, 1.82) is 5.26 Å². The Balaban J connectivity index is 1.08. The van der Waals surface area contributed by atoms with E-state index in [1.54, 1.807) is 13.0 Å². The van der Waals surface area contributed by atoms with Crippen LogP contribution in [0.1, 0.15) is 54.3 Å². The molecule has 8 nitrogen and oxygen atoms in total. The number of hydrogen-bond donors (Lipinski definition) is 2. The smallest absolute Gasteiger partial charge is 0.367 e. The number of aromatic nitrogens is 3. The van der Waals surface area contributed by atoms with Crippen LogP contribution in [0.5, 0.6) is 0 Å². The number of benzene rings is 1. The predicted molar refractivity (Wildman–Crippen MR) is 161 cm³/mol. The number of thiophene rings is 1. The van der Waals surface area contributed by atoms with Gasteiger partial charge in [-0.25, -0.2) is 9.97 Å². The van der Waals surface area contributed by atoms with Gasteiger partial charge in [-0.1, -0.05) is 6.07 Å². The number of nitriles is 1. The van der Waals surface area contributed by atoms with E-state index in [0.29, 0.717) is 27.6 Å². The summed E-state index contributed by atoms with van der Waals surface area (Å²) in [7, 11) is 0. The van der Waals surface area contributed by atoms with Crippen molar-refractivity contribution in [1.82, 2.24) is 24.8 Å². The van der Waals surface area contributed by atoms with Crippen LogP contribution in [0.25, 0.3) is 21.1 Å². The first-order valence-corrected chi connectivity index (χ1v) is 15.5. The first-order chi connectivity index (χ1) is 20.6. The summed E-state index contributed by atoms with van der Waals surface area (Å²) < 4.78 is 40.8. The van der Waals surface area contributed by atoms with Gasteiger partial charge in [-0.05, 0) is 67.9 Å². The summed E-state index contributed by atoms with van der Waals surface area (Å²) in [6.07, 6.45) is -0.159. The van der Waals surface area contributed by atoms with Crippen molar-refractivity contribution in [3.8, 4) is 6.07 Å². The molecule has 1 saturated heterocycles. The first-order valence-electron chi connectivity index (χ1n) is 14.6. The van der Waals surface area contributed by atoms with Crippen LogP contribution in [0.15, 0.2) is 30.6 Å². The average Bonchev–Trinajstić information content (AvgIpc) is 3.50. The number of hydrogen-bond acceptors (Lipinski definition) is 7. The molecule has 226 valence electrons. The largest absolute Gasteiger partial charge is 0.393 e. The van der Waals surface area contributed by atoms with E-state index < -0.39 is 12.6 Å². The molecule has 1 aromatic carbocycles. The molecule has 1 aliphatic heterocycles. The van der Waals surface area contributed by atoms with Gasteiger partial charge in [-0.15, -0.1) is 11.3 Å². The van der Waals surface area contributed by atoms with Crippen molar-refractivity contribution < 1.29 is 18.0 Å². The molecule has 4 aromatic rings. The highest BCUT2D eigenvalue weighted by atomic mass is 32.1. The van der Waals surface area contributed by atoms with Gasteiger partial charge < -0.3 is 15.2 Å². The zero-order valence-electron chi connectivity index (χ0n) is 24.2. The molecule has 1 amide bonds. The molecule has 6 rings (SSSR count). The quantitative estimate of drug-likeness (QED) is 0.257. The number of carbonyl (C=O) groups excluding carboxylic acids is 1. The number of aryl methyl sites for hydroxylation is 1. The SMILES string of the molecule is CC(=O)NC1CC(Cn2c(C#N)cc3c(C)c(CN4CCC(Nc5ncnc6sc(CC(F)(F)F)cc56)CC4)ccc32)C1. The van der Waals surface area contributed by atoms with E-state index in [1.165, 1.54) is 17.5 Å². The summed E-state index contributed by atoms with van der Waals surface area (Å²) in [5.74, 6) is 1.04.